The Kier molecular flexibility index (Phi) is 6.01. The Bertz CT molecular complexity index is 689. The van der Waals surface area contributed by atoms with Crippen LogP contribution in [0.4, 0.5) is 0 Å². The SMILES string of the molecule is CCOc1ccc(OCCOC(=O)c2cccc(C#N)c2)cc1. The summed E-state index contributed by atoms with van der Waals surface area (Å²) < 4.78 is 15.9. The number of nitriles is 1. The molecule has 0 radical (unpaired) electrons. The van der Waals surface area contributed by atoms with Crippen LogP contribution >= 0.6 is 0 Å². The average Bonchev–Trinajstić information content (AvgIpc) is 2.60. The Labute approximate surface area is 135 Å². The van der Waals surface area contributed by atoms with Crippen LogP contribution in [0, 0.1) is 11.3 Å². The predicted octanol–water partition coefficient (Wildman–Crippen LogP) is 3.19. The van der Waals surface area contributed by atoms with Crippen molar-refractivity contribution in [2.45, 2.75) is 6.92 Å². The van der Waals surface area contributed by atoms with Crippen LogP contribution in [0.1, 0.15) is 22.8 Å². The van der Waals surface area contributed by atoms with Crippen molar-refractivity contribution >= 4 is 5.97 Å². The third-order valence-corrected chi connectivity index (χ3v) is 2.95. The highest BCUT2D eigenvalue weighted by molar-refractivity contribution is 5.89. The van der Waals surface area contributed by atoms with Crippen LogP contribution in [-0.4, -0.2) is 25.8 Å². The van der Waals surface area contributed by atoms with Crippen molar-refractivity contribution in [1.29, 1.82) is 5.26 Å². The number of carbonyl (C=O) groups excluding carboxylic acids is 1. The van der Waals surface area contributed by atoms with Gasteiger partial charge in [0.25, 0.3) is 0 Å². The quantitative estimate of drug-likeness (QED) is 0.580. The molecule has 0 aromatic heterocycles. The van der Waals surface area contributed by atoms with Crippen molar-refractivity contribution in [3.05, 3.63) is 59.7 Å². The van der Waals surface area contributed by atoms with Gasteiger partial charge >= 0.3 is 5.97 Å². The Balaban J connectivity index is 1.76. The van der Waals surface area contributed by atoms with E-state index in [-0.39, 0.29) is 13.2 Å². The van der Waals surface area contributed by atoms with Crippen molar-refractivity contribution < 1.29 is 19.0 Å². The molecule has 0 fully saturated rings. The van der Waals surface area contributed by atoms with E-state index in [9.17, 15) is 4.79 Å². The van der Waals surface area contributed by atoms with E-state index in [1.54, 1.807) is 30.3 Å². The summed E-state index contributed by atoms with van der Waals surface area (Å²) in [7, 11) is 0. The van der Waals surface area contributed by atoms with Gasteiger partial charge in [0.1, 0.15) is 24.7 Å². The van der Waals surface area contributed by atoms with Crippen LogP contribution in [-0.2, 0) is 4.74 Å². The summed E-state index contributed by atoms with van der Waals surface area (Å²) in [6.45, 7) is 2.91. The molecule has 0 unspecified atom stereocenters. The first-order valence-corrected chi connectivity index (χ1v) is 7.26. The minimum absolute atomic E-state index is 0.128. The molecule has 0 spiro atoms. The van der Waals surface area contributed by atoms with Crippen LogP contribution in [0.15, 0.2) is 48.5 Å². The molecule has 0 saturated carbocycles. The molecule has 2 aromatic carbocycles. The Morgan fingerprint density at radius 2 is 1.74 bits per heavy atom. The standard InChI is InChI=1S/C18H17NO4/c1-2-21-16-6-8-17(9-7-16)22-10-11-23-18(20)15-5-3-4-14(12-15)13-19/h3-9,12H,2,10-11H2,1H3. The van der Waals surface area contributed by atoms with Crippen molar-refractivity contribution in [1.82, 2.24) is 0 Å². The van der Waals surface area contributed by atoms with Crippen molar-refractivity contribution in [3.63, 3.8) is 0 Å². The lowest BCUT2D eigenvalue weighted by molar-refractivity contribution is 0.0450. The van der Waals surface area contributed by atoms with Gasteiger partial charge < -0.3 is 14.2 Å². The number of carbonyl (C=O) groups is 1. The minimum atomic E-state index is -0.475. The number of ether oxygens (including phenoxy) is 3. The lowest BCUT2D eigenvalue weighted by Gasteiger charge is -2.08. The number of esters is 1. The molecule has 0 aliphatic heterocycles. The minimum Gasteiger partial charge on any atom is -0.494 e. The second kappa shape index (κ2) is 8.44. The first-order chi connectivity index (χ1) is 11.2. The van der Waals surface area contributed by atoms with Crippen molar-refractivity contribution in [3.8, 4) is 17.6 Å². The highest BCUT2D eigenvalue weighted by Gasteiger charge is 2.07. The van der Waals surface area contributed by atoms with E-state index >= 15 is 0 Å². The van der Waals surface area contributed by atoms with Gasteiger partial charge in [0.2, 0.25) is 0 Å². The Morgan fingerprint density at radius 1 is 1.04 bits per heavy atom. The molecule has 2 aromatic rings. The van der Waals surface area contributed by atoms with E-state index in [2.05, 4.69) is 0 Å². The molecule has 0 saturated heterocycles. The van der Waals surface area contributed by atoms with Crippen LogP contribution in [0.2, 0.25) is 0 Å². The predicted molar refractivity (Wildman–Crippen MR) is 84.5 cm³/mol. The topological polar surface area (TPSA) is 68.6 Å². The van der Waals surface area contributed by atoms with Crippen LogP contribution in [0.25, 0.3) is 0 Å². The van der Waals surface area contributed by atoms with Crippen LogP contribution < -0.4 is 9.47 Å². The van der Waals surface area contributed by atoms with Crippen molar-refractivity contribution in [2.24, 2.45) is 0 Å². The summed E-state index contributed by atoms with van der Waals surface area (Å²) in [5.74, 6) is 0.983. The van der Waals surface area contributed by atoms with Gasteiger partial charge in [-0.25, -0.2) is 4.79 Å². The number of hydrogen-bond acceptors (Lipinski definition) is 5. The number of benzene rings is 2. The first kappa shape index (κ1) is 16.4. The van der Waals surface area contributed by atoms with Gasteiger partial charge in [-0.05, 0) is 49.4 Å². The van der Waals surface area contributed by atoms with E-state index in [1.165, 1.54) is 6.07 Å². The summed E-state index contributed by atoms with van der Waals surface area (Å²) in [6, 6.07) is 15.6. The highest BCUT2D eigenvalue weighted by Crippen LogP contribution is 2.17. The molecule has 23 heavy (non-hydrogen) atoms. The zero-order valence-electron chi connectivity index (χ0n) is 12.8. The summed E-state index contributed by atoms with van der Waals surface area (Å²) in [6.07, 6.45) is 0. The molecule has 0 aliphatic carbocycles. The summed E-state index contributed by atoms with van der Waals surface area (Å²) in [5, 5.41) is 8.81. The second-order valence-electron chi connectivity index (χ2n) is 4.58. The molecule has 0 amide bonds. The van der Waals surface area contributed by atoms with Gasteiger partial charge in [0.05, 0.1) is 23.8 Å². The maximum atomic E-state index is 11.8. The molecular weight excluding hydrogens is 294 g/mol. The molecule has 5 heteroatoms. The van der Waals surface area contributed by atoms with E-state index in [4.69, 9.17) is 19.5 Å². The summed E-state index contributed by atoms with van der Waals surface area (Å²) in [4.78, 5) is 11.8. The molecule has 0 aliphatic rings. The maximum Gasteiger partial charge on any atom is 0.338 e. The molecule has 0 N–H and O–H groups in total. The van der Waals surface area contributed by atoms with Crippen LogP contribution in [0.5, 0.6) is 11.5 Å². The van der Waals surface area contributed by atoms with Gasteiger partial charge in [0, 0.05) is 0 Å². The lowest BCUT2D eigenvalue weighted by atomic mass is 10.1. The fourth-order valence-corrected chi connectivity index (χ4v) is 1.89. The van der Waals surface area contributed by atoms with E-state index in [0.29, 0.717) is 23.5 Å². The first-order valence-electron chi connectivity index (χ1n) is 7.26. The van der Waals surface area contributed by atoms with Gasteiger partial charge in [-0.2, -0.15) is 5.26 Å². The van der Waals surface area contributed by atoms with E-state index < -0.39 is 5.97 Å². The molecule has 118 valence electrons. The molecule has 2 rings (SSSR count). The van der Waals surface area contributed by atoms with E-state index in [1.807, 2.05) is 25.1 Å². The zero-order chi connectivity index (χ0) is 16.5. The third kappa shape index (κ3) is 5.04. The molecule has 0 heterocycles. The number of hydrogen-bond donors (Lipinski definition) is 0. The summed E-state index contributed by atoms with van der Waals surface area (Å²) in [5.41, 5.74) is 0.773. The lowest BCUT2D eigenvalue weighted by Crippen LogP contribution is -2.12. The molecule has 0 atom stereocenters. The van der Waals surface area contributed by atoms with Gasteiger partial charge in [-0.3, -0.25) is 0 Å². The largest absolute Gasteiger partial charge is 0.494 e. The normalized spacial score (nSPS) is 9.74. The average molecular weight is 311 g/mol. The Hall–Kier alpha value is -3.00. The second-order valence-corrected chi connectivity index (χ2v) is 4.58. The molecular formula is C18H17NO4. The van der Waals surface area contributed by atoms with Gasteiger partial charge in [0.15, 0.2) is 0 Å². The fraction of sp³-hybridized carbons (Fsp3) is 0.222. The van der Waals surface area contributed by atoms with E-state index in [0.717, 1.165) is 5.75 Å². The number of rotatable bonds is 7. The van der Waals surface area contributed by atoms with Gasteiger partial charge in [-0.1, -0.05) is 6.07 Å². The van der Waals surface area contributed by atoms with Gasteiger partial charge in [-0.15, -0.1) is 0 Å². The van der Waals surface area contributed by atoms with Crippen molar-refractivity contribution in [2.75, 3.05) is 19.8 Å². The molecule has 0 bridgehead atoms. The maximum absolute atomic E-state index is 11.8. The Morgan fingerprint density at radius 3 is 2.39 bits per heavy atom. The smallest absolute Gasteiger partial charge is 0.338 e. The third-order valence-electron chi connectivity index (χ3n) is 2.95. The highest BCUT2D eigenvalue weighted by atomic mass is 16.6. The number of nitrogens with zero attached hydrogens (tertiary/aromatic N) is 1. The summed E-state index contributed by atoms with van der Waals surface area (Å²) >= 11 is 0. The fourth-order valence-electron chi connectivity index (χ4n) is 1.89. The molecule has 5 nitrogen and oxygen atoms in total. The van der Waals surface area contributed by atoms with Crippen LogP contribution in [0.3, 0.4) is 0 Å². The zero-order valence-corrected chi connectivity index (χ0v) is 12.8. The monoisotopic (exact) mass is 311 g/mol.